The molecule has 1 amide bonds. The molecule has 0 saturated heterocycles. The number of aromatic amines is 1. The van der Waals surface area contributed by atoms with Gasteiger partial charge >= 0.3 is 0 Å². The Balaban J connectivity index is 1.25. The van der Waals surface area contributed by atoms with E-state index in [2.05, 4.69) is 21.4 Å². The predicted octanol–water partition coefficient (Wildman–Crippen LogP) is 6.51. The smallest absolute Gasteiger partial charge is 0.253 e. The molecule has 0 unspecified atom stereocenters. The molecule has 2 N–H and O–H groups in total. The van der Waals surface area contributed by atoms with E-state index in [0.29, 0.717) is 35.2 Å². The zero-order chi connectivity index (χ0) is 25.1. The van der Waals surface area contributed by atoms with E-state index < -0.39 is 0 Å². The lowest BCUT2D eigenvalue weighted by molar-refractivity contribution is 0.0943. The van der Waals surface area contributed by atoms with Crippen molar-refractivity contribution in [3.8, 4) is 17.3 Å². The van der Waals surface area contributed by atoms with Crippen LogP contribution in [0.3, 0.4) is 0 Å². The number of nitriles is 1. The molecule has 6 heteroatoms. The average molecular weight is 481 g/mol. The van der Waals surface area contributed by atoms with Crippen molar-refractivity contribution in [3.63, 3.8) is 0 Å². The highest BCUT2D eigenvalue weighted by Gasteiger charge is 2.25. The Kier molecular flexibility index (Phi) is 6.81. The molecular formula is C30H29FN4O. The van der Waals surface area contributed by atoms with Gasteiger partial charge in [0.05, 0.1) is 28.4 Å². The minimum absolute atomic E-state index is 0.119. The quantitative estimate of drug-likeness (QED) is 0.330. The summed E-state index contributed by atoms with van der Waals surface area (Å²) in [6.45, 7) is 2.65. The van der Waals surface area contributed by atoms with E-state index in [1.54, 1.807) is 18.2 Å². The van der Waals surface area contributed by atoms with Gasteiger partial charge in [0.1, 0.15) is 5.82 Å². The third-order valence-corrected chi connectivity index (χ3v) is 7.39. The Morgan fingerprint density at radius 3 is 2.72 bits per heavy atom. The minimum Gasteiger partial charge on any atom is -0.358 e. The van der Waals surface area contributed by atoms with Crippen LogP contribution < -0.4 is 5.32 Å². The van der Waals surface area contributed by atoms with Crippen molar-refractivity contribution in [2.45, 2.75) is 44.9 Å². The van der Waals surface area contributed by atoms with E-state index in [1.807, 2.05) is 43.5 Å². The number of aryl methyl sites for hydroxylation is 1. The number of aromatic nitrogens is 2. The zero-order valence-electron chi connectivity index (χ0n) is 20.4. The van der Waals surface area contributed by atoms with E-state index in [9.17, 15) is 14.4 Å². The second-order valence-corrected chi connectivity index (χ2v) is 9.58. The van der Waals surface area contributed by atoms with Crippen molar-refractivity contribution in [1.29, 1.82) is 5.26 Å². The zero-order valence-corrected chi connectivity index (χ0v) is 20.4. The first-order valence-electron chi connectivity index (χ1n) is 12.6. The number of nitrogens with one attached hydrogen (secondary N) is 2. The Labute approximate surface area is 210 Å². The summed E-state index contributed by atoms with van der Waals surface area (Å²) in [5.74, 6) is 0.414. The molecular weight excluding hydrogens is 451 g/mol. The molecule has 0 spiro atoms. The first-order valence-corrected chi connectivity index (χ1v) is 12.6. The van der Waals surface area contributed by atoms with Crippen molar-refractivity contribution in [1.82, 2.24) is 15.3 Å². The van der Waals surface area contributed by atoms with Gasteiger partial charge in [-0.3, -0.25) is 9.78 Å². The number of rotatable bonds is 6. The summed E-state index contributed by atoms with van der Waals surface area (Å²) in [6.07, 6.45) is 6.59. The highest BCUT2D eigenvalue weighted by atomic mass is 19.1. The number of benzene rings is 2. The Morgan fingerprint density at radius 2 is 1.94 bits per heavy atom. The molecule has 0 atom stereocenters. The van der Waals surface area contributed by atoms with Gasteiger partial charge in [0.15, 0.2) is 0 Å². The number of carbonyl (C=O) groups excluding carboxylic acids is 1. The topological polar surface area (TPSA) is 81.6 Å². The molecule has 2 aromatic carbocycles. The fourth-order valence-corrected chi connectivity index (χ4v) is 5.40. The molecule has 4 aromatic rings. The average Bonchev–Trinajstić information content (AvgIpc) is 3.36. The van der Waals surface area contributed by atoms with Crippen LogP contribution in [0.2, 0.25) is 0 Å². The lowest BCUT2D eigenvalue weighted by Crippen LogP contribution is -2.31. The largest absolute Gasteiger partial charge is 0.358 e. The lowest BCUT2D eigenvalue weighted by atomic mass is 9.78. The van der Waals surface area contributed by atoms with Gasteiger partial charge < -0.3 is 10.3 Å². The standard InChI is InChI=1S/C30H29FN4O/c1-2-23-16-27(29(35-23)25-6-4-3-5-21(25)17-32)30(36)34-18-19-7-9-20(10-8-19)24-13-14-33-28-12-11-22(31)15-26(24)28/h3-6,11-16,19-20,35H,2,7-10,18H2,1H3,(H,34,36). The molecule has 5 rings (SSSR count). The molecule has 1 aliphatic carbocycles. The Morgan fingerprint density at radius 1 is 1.14 bits per heavy atom. The van der Waals surface area contributed by atoms with Gasteiger partial charge in [0.25, 0.3) is 5.91 Å². The van der Waals surface area contributed by atoms with Crippen molar-refractivity contribution >= 4 is 16.8 Å². The fraction of sp³-hybridized carbons (Fsp3) is 0.300. The third kappa shape index (κ3) is 4.74. The molecule has 0 bridgehead atoms. The van der Waals surface area contributed by atoms with Gasteiger partial charge in [0.2, 0.25) is 0 Å². The number of nitrogens with zero attached hydrogens (tertiary/aromatic N) is 2. The van der Waals surface area contributed by atoms with Gasteiger partial charge in [-0.25, -0.2) is 4.39 Å². The van der Waals surface area contributed by atoms with Crippen molar-refractivity contribution in [2.24, 2.45) is 5.92 Å². The molecule has 36 heavy (non-hydrogen) atoms. The minimum atomic E-state index is -0.235. The second kappa shape index (κ2) is 10.3. The van der Waals surface area contributed by atoms with Gasteiger partial charge in [-0.1, -0.05) is 25.1 Å². The number of H-pyrrole nitrogens is 1. The highest BCUT2D eigenvalue weighted by Crippen LogP contribution is 2.38. The SMILES string of the molecule is CCc1cc(C(=O)NCC2CCC(c3ccnc4ccc(F)cc34)CC2)c(-c2ccccc2C#N)[nH]1. The van der Waals surface area contributed by atoms with Gasteiger partial charge in [-0.2, -0.15) is 5.26 Å². The molecule has 5 nitrogen and oxygen atoms in total. The number of fused-ring (bicyclic) bond motifs is 1. The maximum Gasteiger partial charge on any atom is 0.253 e. The number of hydrogen-bond donors (Lipinski definition) is 2. The van der Waals surface area contributed by atoms with Crippen LogP contribution in [0.1, 0.15) is 65.7 Å². The van der Waals surface area contributed by atoms with Crippen LogP contribution in [0.5, 0.6) is 0 Å². The monoisotopic (exact) mass is 480 g/mol. The van der Waals surface area contributed by atoms with Gasteiger partial charge in [0, 0.05) is 29.4 Å². The van der Waals surface area contributed by atoms with E-state index in [4.69, 9.17) is 0 Å². The van der Waals surface area contributed by atoms with Gasteiger partial charge in [-0.05, 0) is 85.9 Å². The summed E-state index contributed by atoms with van der Waals surface area (Å²) in [4.78, 5) is 20.9. The second-order valence-electron chi connectivity index (χ2n) is 9.58. The number of hydrogen-bond acceptors (Lipinski definition) is 3. The number of halogens is 1. The summed E-state index contributed by atoms with van der Waals surface area (Å²) in [5, 5.41) is 13.6. The Hall–Kier alpha value is -3.98. The molecule has 0 aliphatic heterocycles. The maximum absolute atomic E-state index is 13.9. The number of amides is 1. The summed E-state index contributed by atoms with van der Waals surface area (Å²) < 4.78 is 13.9. The van der Waals surface area contributed by atoms with E-state index >= 15 is 0 Å². The molecule has 1 aliphatic rings. The molecule has 2 heterocycles. The van der Waals surface area contributed by atoms with Crippen molar-refractivity contribution in [3.05, 3.63) is 89.0 Å². The summed E-state index contributed by atoms with van der Waals surface area (Å²) in [7, 11) is 0. The molecule has 1 saturated carbocycles. The predicted molar refractivity (Wildman–Crippen MR) is 139 cm³/mol. The molecule has 1 fully saturated rings. The van der Waals surface area contributed by atoms with Crippen LogP contribution in [-0.2, 0) is 6.42 Å². The van der Waals surface area contributed by atoms with Crippen LogP contribution in [-0.4, -0.2) is 22.4 Å². The van der Waals surface area contributed by atoms with Crippen molar-refractivity contribution < 1.29 is 9.18 Å². The lowest BCUT2D eigenvalue weighted by Gasteiger charge is -2.29. The maximum atomic E-state index is 13.9. The van der Waals surface area contributed by atoms with Crippen molar-refractivity contribution in [2.75, 3.05) is 6.54 Å². The number of pyridine rings is 1. The van der Waals surface area contributed by atoms with E-state index in [0.717, 1.165) is 54.3 Å². The fourth-order valence-electron chi connectivity index (χ4n) is 5.40. The van der Waals surface area contributed by atoms with Crippen LogP contribution in [0.4, 0.5) is 4.39 Å². The normalized spacial score (nSPS) is 17.6. The summed E-state index contributed by atoms with van der Waals surface area (Å²) in [5.41, 5.74) is 5.52. The Bertz CT molecular complexity index is 1440. The number of carbonyl (C=O) groups is 1. The third-order valence-electron chi connectivity index (χ3n) is 7.39. The first-order chi connectivity index (χ1) is 17.6. The van der Waals surface area contributed by atoms with E-state index in [1.165, 1.54) is 11.6 Å². The van der Waals surface area contributed by atoms with Crippen LogP contribution in [0, 0.1) is 23.1 Å². The van der Waals surface area contributed by atoms with Gasteiger partial charge in [-0.15, -0.1) is 0 Å². The molecule has 2 aromatic heterocycles. The first kappa shape index (κ1) is 23.7. The summed E-state index contributed by atoms with van der Waals surface area (Å²) in [6, 6.07) is 18.3. The molecule has 0 radical (unpaired) electrons. The summed E-state index contributed by atoms with van der Waals surface area (Å²) >= 11 is 0. The van der Waals surface area contributed by atoms with E-state index in [-0.39, 0.29) is 11.7 Å². The van der Waals surface area contributed by atoms with Crippen LogP contribution in [0.15, 0.2) is 60.8 Å². The van der Waals surface area contributed by atoms with Crippen LogP contribution in [0.25, 0.3) is 22.2 Å². The van der Waals surface area contributed by atoms with Crippen LogP contribution >= 0.6 is 0 Å². The highest BCUT2D eigenvalue weighted by molar-refractivity contribution is 6.01. The molecule has 182 valence electrons.